The van der Waals surface area contributed by atoms with E-state index in [1.165, 1.54) is 0 Å². The fourth-order valence-corrected chi connectivity index (χ4v) is 3.43. The third-order valence-electron chi connectivity index (χ3n) is 4.97. The summed E-state index contributed by atoms with van der Waals surface area (Å²) in [4.78, 5) is 0. The third-order valence-corrected chi connectivity index (χ3v) is 9.45. The minimum atomic E-state index is -3.02. The topological polar surface area (TPSA) is 47.9 Å². The molecule has 1 unspecified atom stereocenters. The van der Waals surface area contributed by atoms with Crippen molar-refractivity contribution in [3.63, 3.8) is 0 Å². The highest BCUT2D eigenvalue weighted by Gasteiger charge is 2.57. The molecule has 1 aliphatic heterocycles. The van der Waals surface area contributed by atoms with Gasteiger partial charge in [-0.05, 0) is 45.8 Å². The first-order chi connectivity index (χ1) is 11.0. The molecule has 0 saturated carbocycles. The van der Waals surface area contributed by atoms with E-state index in [-0.39, 0.29) is 5.04 Å². The zero-order valence-corrected chi connectivity index (χ0v) is 17.9. The number of ether oxygens (including phenoxy) is 2. The Bertz CT molecular complexity index is 496. The summed E-state index contributed by atoms with van der Waals surface area (Å²) >= 11 is 0. The first-order valence-electron chi connectivity index (χ1n) is 8.67. The lowest BCUT2D eigenvalue weighted by Crippen LogP contribution is -2.58. The van der Waals surface area contributed by atoms with E-state index in [0.29, 0.717) is 0 Å². The van der Waals surface area contributed by atoms with Crippen molar-refractivity contribution in [3.8, 4) is 0 Å². The first kappa shape index (κ1) is 22.7. The van der Waals surface area contributed by atoms with E-state index in [1.54, 1.807) is 19.9 Å². The van der Waals surface area contributed by atoms with E-state index in [2.05, 4.69) is 0 Å². The van der Waals surface area contributed by atoms with Gasteiger partial charge >= 0.3 is 0 Å². The van der Waals surface area contributed by atoms with E-state index in [1.807, 2.05) is 47.7 Å². The van der Waals surface area contributed by atoms with E-state index < -0.39 is 44.9 Å². The average molecular weight is 381 g/mol. The van der Waals surface area contributed by atoms with Gasteiger partial charge in [0.15, 0.2) is 19.7 Å². The summed E-state index contributed by atoms with van der Waals surface area (Å²) in [7, 11) is -2.31. The van der Waals surface area contributed by atoms with Crippen molar-refractivity contribution in [3.05, 3.63) is 11.6 Å². The van der Waals surface area contributed by atoms with Crippen LogP contribution in [0.5, 0.6) is 0 Å². The van der Waals surface area contributed by atoms with Gasteiger partial charge in [0.2, 0.25) is 0 Å². The lowest BCUT2D eigenvalue weighted by molar-refractivity contribution is -0.211. The number of hydrogen-bond acceptors (Lipinski definition) is 4. The van der Waals surface area contributed by atoms with Crippen molar-refractivity contribution in [2.45, 2.75) is 96.6 Å². The molecule has 25 heavy (non-hydrogen) atoms. The van der Waals surface area contributed by atoms with E-state index in [0.717, 1.165) is 5.57 Å². The summed E-state index contributed by atoms with van der Waals surface area (Å²) in [5, 5.41) is 10.7. The molecule has 3 atom stereocenters. The minimum Gasteiger partial charge on any atom is -0.414 e. The molecule has 1 aliphatic rings. The van der Waals surface area contributed by atoms with Crippen LogP contribution in [0.4, 0.5) is 8.78 Å². The maximum absolute atomic E-state index is 13.9. The smallest absolute Gasteiger partial charge is 0.271 e. The molecule has 0 aromatic heterocycles. The number of alkyl halides is 2. The molecule has 0 aromatic rings. The standard InChI is InChI=1S/C18H34F2O4Si/c1-12(2)10-13-14(24-17(6,7)23-13)18(21,15(19)20)11-22-25(8,9)16(3,4)5/h10,13-15,21H,11H2,1-9H3/t13-,14-,18?/m0/s1. The predicted molar refractivity (Wildman–Crippen MR) is 97.4 cm³/mol. The van der Waals surface area contributed by atoms with Crippen molar-refractivity contribution in [2.75, 3.05) is 6.61 Å². The molecule has 7 heteroatoms. The Kier molecular flexibility index (Phi) is 6.67. The van der Waals surface area contributed by atoms with Crippen molar-refractivity contribution < 1.29 is 27.8 Å². The lowest BCUT2D eigenvalue weighted by Gasteiger charge is -2.41. The van der Waals surface area contributed by atoms with Gasteiger partial charge in [-0.1, -0.05) is 32.4 Å². The second-order valence-electron chi connectivity index (χ2n) is 9.11. The fraction of sp³-hybridized carbons (Fsp3) is 0.889. The van der Waals surface area contributed by atoms with Crippen molar-refractivity contribution in [1.29, 1.82) is 0 Å². The third kappa shape index (κ3) is 5.32. The molecular weight excluding hydrogens is 346 g/mol. The van der Waals surface area contributed by atoms with Crippen molar-refractivity contribution >= 4 is 8.32 Å². The molecular formula is C18H34F2O4Si. The second-order valence-corrected chi connectivity index (χ2v) is 13.9. The zero-order valence-electron chi connectivity index (χ0n) is 16.9. The van der Waals surface area contributed by atoms with Gasteiger partial charge in [-0.25, -0.2) is 8.78 Å². The quantitative estimate of drug-likeness (QED) is 0.545. The second kappa shape index (κ2) is 7.35. The van der Waals surface area contributed by atoms with Crippen LogP contribution in [0.3, 0.4) is 0 Å². The van der Waals surface area contributed by atoms with E-state index in [9.17, 15) is 13.9 Å². The zero-order chi connectivity index (χ0) is 19.8. The molecule has 0 bridgehead atoms. The van der Waals surface area contributed by atoms with Crippen molar-refractivity contribution in [1.82, 2.24) is 0 Å². The summed E-state index contributed by atoms with van der Waals surface area (Å²) in [6.07, 6.45) is -3.28. The summed E-state index contributed by atoms with van der Waals surface area (Å²) in [5.41, 5.74) is -1.54. The van der Waals surface area contributed by atoms with Crippen LogP contribution in [-0.2, 0) is 13.9 Å². The molecule has 4 nitrogen and oxygen atoms in total. The summed E-state index contributed by atoms with van der Waals surface area (Å²) in [6.45, 7) is 16.5. The molecule has 0 amide bonds. The Labute approximate surface area is 151 Å². The van der Waals surface area contributed by atoms with Gasteiger partial charge < -0.3 is 19.0 Å². The van der Waals surface area contributed by atoms with Gasteiger partial charge in [0.1, 0.15) is 12.2 Å². The van der Waals surface area contributed by atoms with E-state index >= 15 is 0 Å². The Balaban J connectivity index is 3.13. The molecule has 1 heterocycles. The number of halogens is 2. The number of rotatable bonds is 6. The molecule has 1 saturated heterocycles. The van der Waals surface area contributed by atoms with Gasteiger partial charge in [0.25, 0.3) is 6.43 Å². The lowest BCUT2D eigenvalue weighted by atomic mass is 9.93. The molecule has 0 aromatic carbocycles. The fourth-order valence-electron chi connectivity index (χ4n) is 2.41. The van der Waals surface area contributed by atoms with Crippen LogP contribution in [0.15, 0.2) is 11.6 Å². The Morgan fingerprint density at radius 1 is 1.24 bits per heavy atom. The van der Waals surface area contributed by atoms with Gasteiger partial charge in [-0.3, -0.25) is 0 Å². The summed E-state index contributed by atoms with van der Waals surface area (Å²) in [6, 6.07) is 0. The largest absolute Gasteiger partial charge is 0.414 e. The Morgan fingerprint density at radius 3 is 2.16 bits per heavy atom. The van der Waals surface area contributed by atoms with Gasteiger partial charge in [-0.2, -0.15) is 0 Å². The van der Waals surface area contributed by atoms with Crippen LogP contribution in [0.2, 0.25) is 18.1 Å². The van der Waals surface area contributed by atoms with Crippen LogP contribution in [0.1, 0.15) is 48.5 Å². The van der Waals surface area contributed by atoms with Gasteiger partial charge in [0.05, 0.1) is 6.61 Å². The van der Waals surface area contributed by atoms with E-state index in [4.69, 9.17) is 13.9 Å². The predicted octanol–water partition coefficient (Wildman–Crippen LogP) is 4.49. The molecule has 148 valence electrons. The highest BCUT2D eigenvalue weighted by atomic mass is 28.4. The van der Waals surface area contributed by atoms with Crippen molar-refractivity contribution in [2.24, 2.45) is 0 Å². The highest BCUT2D eigenvalue weighted by Crippen LogP contribution is 2.41. The maximum atomic E-state index is 13.9. The van der Waals surface area contributed by atoms with Crippen LogP contribution < -0.4 is 0 Å². The normalized spacial score (nSPS) is 26.6. The SMILES string of the molecule is CC(C)=C[C@@H]1OC(C)(C)O[C@@H]1C(O)(CO[Si](C)(C)C(C)(C)C)C(F)F. The minimum absolute atomic E-state index is 0.151. The number of aliphatic hydroxyl groups is 1. The van der Waals surface area contributed by atoms with Crippen LogP contribution in [0, 0.1) is 0 Å². The molecule has 0 aliphatic carbocycles. The molecule has 1 N–H and O–H groups in total. The Morgan fingerprint density at radius 2 is 1.76 bits per heavy atom. The first-order valence-corrected chi connectivity index (χ1v) is 11.6. The average Bonchev–Trinajstić information content (AvgIpc) is 2.69. The summed E-state index contributed by atoms with van der Waals surface area (Å²) < 4.78 is 45.1. The molecule has 0 radical (unpaired) electrons. The maximum Gasteiger partial charge on any atom is 0.271 e. The molecule has 1 rings (SSSR count). The number of hydrogen-bond donors (Lipinski definition) is 1. The molecule has 0 spiro atoms. The molecule has 1 fully saturated rings. The van der Waals surface area contributed by atoms with Crippen LogP contribution in [0.25, 0.3) is 0 Å². The highest BCUT2D eigenvalue weighted by molar-refractivity contribution is 6.74. The Hall–Kier alpha value is -0.343. The van der Waals surface area contributed by atoms with Crippen LogP contribution in [-0.4, -0.2) is 50.1 Å². The monoisotopic (exact) mass is 380 g/mol. The van der Waals surface area contributed by atoms with Gasteiger partial charge in [-0.15, -0.1) is 0 Å². The van der Waals surface area contributed by atoms with Crippen LogP contribution >= 0.6 is 0 Å². The van der Waals surface area contributed by atoms with Gasteiger partial charge in [0, 0.05) is 0 Å². The summed E-state index contributed by atoms with van der Waals surface area (Å²) in [5.74, 6) is -1.05. The number of allylic oxidation sites excluding steroid dienone is 1.